The Labute approximate surface area is 276 Å². The first-order valence-electron chi connectivity index (χ1n) is 15.4. The average molecular weight is 666 g/mol. The van der Waals surface area contributed by atoms with Crippen molar-refractivity contribution in [2.75, 3.05) is 25.4 Å². The molecule has 0 aliphatic heterocycles. The van der Waals surface area contributed by atoms with E-state index in [2.05, 4.69) is 16.8 Å². The van der Waals surface area contributed by atoms with Gasteiger partial charge in [-0.25, -0.2) is 13.4 Å². The highest BCUT2D eigenvalue weighted by Crippen LogP contribution is 2.33. The Kier molecular flexibility index (Phi) is 11.5. The minimum absolute atomic E-state index is 0.0980. The second-order valence-corrected chi connectivity index (χ2v) is 13.6. The molecule has 2 aromatic carbocycles. The third-order valence-corrected chi connectivity index (χ3v) is 9.86. The van der Waals surface area contributed by atoms with E-state index in [4.69, 9.17) is 26.5 Å². The molecule has 0 fully saturated rings. The molecule has 0 saturated carbocycles. The number of ether oxygens (including phenoxy) is 1. The summed E-state index contributed by atoms with van der Waals surface area (Å²) in [6.45, 7) is 10.4. The standard InChI is InChI=1S/C34H43N5O5S2/c1-8-10-15-31-35-23(4)29(19-32(45)38(6)7)34(40)39(31)20-25-16-17-27(26(18-25)21-43-9-2)28-13-11-12-14-30(28)46(41,42)37-33-22(3)24(5)44-36-33/h11-14,16-18H,8-10,15,19-21H2,1-7H3,(H,36,37). The highest BCUT2D eigenvalue weighted by Gasteiger charge is 2.24. The van der Waals surface area contributed by atoms with Crippen LogP contribution in [-0.4, -0.2) is 53.7 Å². The molecule has 0 spiro atoms. The second kappa shape index (κ2) is 15.1. The van der Waals surface area contributed by atoms with Crippen LogP contribution in [-0.2, 0) is 40.8 Å². The number of nitrogens with one attached hydrogen (secondary N) is 1. The minimum Gasteiger partial charge on any atom is -0.377 e. The maximum atomic E-state index is 13.9. The van der Waals surface area contributed by atoms with E-state index in [1.54, 1.807) is 42.7 Å². The number of anilines is 1. The number of thiocarbonyl (C=S) groups is 1. The normalized spacial score (nSPS) is 11.5. The van der Waals surface area contributed by atoms with Crippen molar-refractivity contribution >= 4 is 33.0 Å². The molecule has 0 amide bonds. The molecule has 0 unspecified atom stereocenters. The number of rotatable bonds is 14. The number of unbranched alkanes of at least 4 members (excludes halogenated alkanes) is 1. The molecule has 4 rings (SSSR count). The van der Waals surface area contributed by atoms with Crippen molar-refractivity contribution in [2.45, 2.75) is 78.3 Å². The van der Waals surface area contributed by atoms with Gasteiger partial charge in [-0.2, -0.15) is 0 Å². The number of hydrogen-bond donors (Lipinski definition) is 1. The molecule has 246 valence electrons. The number of hydrogen-bond acceptors (Lipinski definition) is 8. The molecule has 12 heteroatoms. The van der Waals surface area contributed by atoms with E-state index in [1.165, 1.54) is 0 Å². The van der Waals surface area contributed by atoms with Crippen LogP contribution < -0.4 is 10.3 Å². The fourth-order valence-electron chi connectivity index (χ4n) is 5.10. The Morgan fingerprint density at radius 3 is 2.48 bits per heavy atom. The third kappa shape index (κ3) is 7.91. The summed E-state index contributed by atoms with van der Waals surface area (Å²) < 4.78 is 42.6. The van der Waals surface area contributed by atoms with E-state index >= 15 is 0 Å². The first-order valence-corrected chi connectivity index (χ1v) is 17.3. The predicted octanol–water partition coefficient (Wildman–Crippen LogP) is 5.98. The maximum Gasteiger partial charge on any atom is 0.263 e. The van der Waals surface area contributed by atoms with Crippen LogP contribution in [0.25, 0.3) is 11.1 Å². The summed E-state index contributed by atoms with van der Waals surface area (Å²) in [5.74, 6) is 1.42. The van der Waals surface area contributed by atoms with Gasteiger partial charge in [-0.3, -0.25) is 14.1 Å². The summed E-state index contributed by atoms with van der Waals surface area (Å²) in [7, 11) is -0.280. The van der Waals surface area contributed by atoms with Crippen molar-refractivity contribution in [1.82, 2.24) is 19.6 Å². The zero-order chi connectivity index (χ0) is 33.6. The van der Waals surface area contributed by atoms with Crippen LogP contribution >= 0.6 is 12.2 Å². The van der Waals surface area contributed by atoms with Gasteiger partial charge in [0.05, 0.1) is 23.0 Å². The zero-order valence-electron chi connectivity index (χ0n) is 27.6. The Morgan fingerprint density at radius 2 is 1.83 bits per heavy atom. The third-order valence-electron chi connectivity index (χ3n) is 7.96. The zero-order valence-corrected chi connectivity index (χ0v) is 29.3. The fourth-order valence-corrected chi connectivity index (χ4v) is 6.52. The topological polar surface area (TPSA) is 120 Å². The van der Waals surface area contributed by atoms with Crippen molar-refractivity contribution in [3.8, 4) is 11.1 Å². The molecule has 2 heterocycles. The molecule has 0 radical (unpaired) electrons. The van der Waals surface area contributed by atoms with Gasteiger partial charge in [-0.1, -0.05) is 67.1 Å². The van der Waals surface area contributed by atoms with Crippen molar-refractivity contribution < 1.29 is 17.7 Å². The predicted molar refractivity (Wildman–Crippen MR) is 185 cm³/mol. The summed E-state index contributed by atoms with van der Waals surface area (Å²) in [6, 6.07) is 12.6. The average Bonchev–Trinajstić information content (AvgIpc) is 3.34. The second-order valence-electron chi connectivity index (χ2n) is 11.5. The monoisotopic (exact) mass is 665 g/mol. The molecule has 0 saturated heterocycles. The summed E-state index contributed by atoms with van der Waals surface area (Å²) in [4.78, 5) is 21.4. The Balaban J connectivity index is 1.79. The lowest BCUT2D eigenvalue weighted by Gasteiger charge is -2.19. The number of aryl methyl sites for hydroxylation is 3. The number of benzene rings is 2. The van der Waals surface area contributed by atoms with E-state index < -0.39 is 10.0 Å². The maximum absolute atomic E-state index is 13.9. The fraction of sp³-hybridized carbons (Fsp3) is 0.412. The van der Waals surface area contributed by atoms with Gasteiger partial charge in [-0.15, -0.1) is 0 Å². The van der Waals surface area contributed by atoms with Crippen LogP contribution in [0.15, 0.2) is 56.7 Å². The molecule has 2 aromatic heterocycles. The lowest BCUT2D eigenvalue weighted by atomic mass is 9.97. The molecule has 46 heavy (non-hydrogen) atoms. The molecule has 10 nitrogen and oxygen atoms in total. The van der Waals surface area contributed by atoms with Crippen LogP contribution in [0.4, 0.5) is 5.82 Å². The van der Waals surface area contributed by atoms with Gasteiger partial charge in [0.1, 0.15) is 11.6 Å². The minimum atomic E-state index is -4.02. The van der Waals surface area contributed by atoms with Crippen molar-refractivity contribution in [1.29, 1.82) is 0 Å². The van der Waals surface area contributed by atoms with Crippen LogP contribution in [0.2, 0.25) is 0 Å². The van der Waals surface area contributed by atoms with Gasteiger partial charge < -0.3 is 14.2 Å². The molecule has 0 bridgehead atoms. The Bertz CT molecular complexity index is 1880. The van der Waals surface area contributed by atoms with Gasteiger partial charge >= 0.3 is 0 Å². The summed E-state index contributed by atoms with van der Waals surface area (Å²) in [5, 5.41) is 3.88. The van der Waals surface area contributed by atoms with Gasteiger partial charge in [-0.05, 0) is 56.9 Å². The molecule has 0 aliphatic carbocycles. The Hall–Kier alpha value is -3.87. The molecule has 0 aliphatic rings. The Morgan fingerprint density at radius 1 is 1.09 bits per heavy atom. The number of sulfonamides is 1. The SMILES string of the molecule is CCCCc1nc(C)c(CC(=S)N(C)C)c(=O)n1Cc1ccc(-c2ccccc2S(=O)(=O)Nc2noc(C)c2C)c(COCC)c1. The summed E-state index contributed by atoms with van der Waals surface area (Å²) >= 11 is 5.53. The van der Waals surface area contributed by atoms with E-state index in [1.807, 2.05) is 51.0 Å². The highest BCUT2D eigenvalue weighted by molar-refractivity contribution is 7.92. The van der Waals surface area contributed by atoms with Gasteiger partial charge in [0.2, 0.25) is 0 Å². The first-order chi connectivity index (χ1) is 21.9. The number of likely N-dealkylation sites (N-methyl/N-ethyl adjacent to an activating group) is 1. The van der Waals surface area contributed by atoms with Gasteiger partial charge in [0.15, 0.2) is 5.82 Å². The van der Waals surface area contributed by atoms with Crippen LogP contribution in [0.3, 0.4) is 0 Å². The van der Waals surface area contributed by atoms with Crippen molar-refractivity contribution in [3.63, 3.8) is 0 Å². The summed E-state index contributed by atoms with van der Waals surface area (Å²) in [6.07, 6.45) is 2.90. The lowest BCUT2D eigenvalue weighted by Crippen LogP contribution is -2.33. The number of nitrogens with zero attached hydrogens (tertiary/aromatic N) is 4. The largest absolute Gasteiger partial charge is 0.377 e. The van der Waals surface area contributed by atoms with Gasteiger partial charge in [0.25, 0.3) is 15.6 Å². The van der Waals surface area contributed by atoms with E-state index in [9.17, 15) is 13.2 Å². The van der Waals surface area contributed by atoms with Crippen molar-refractivity contribution in [2.24, 2.45) is 0 Å². The van der Waals surface area contributed by atoms with E-state index in [-0.39, 0.29) is 22.9 Å². The van der Waals surface area contributed by atoms with E-state index in [0.29, 0.717) is 64.7 Å². The summed E-state index contributed by atoms with van der Waals surface area (Å²) in [5.41, 5.74) is 4.72. The molecule has 4 aromatic rings. The number of aromatic nitrogens is 3. The van der Waals surface area contributed by atoms with Crippen LogP contribution in [0.1, 0.15) is 66.2 Å². The van der Waals surface area contributed by atoms with Crippen LogP contribution in [0, 0.1) is 20.8 Å². The molecule has 1 N–H and O–H groups in total. The molecular formula is C34H43N5O5S2. The smallest absolute Gasteiger partial charge is 0.263 e. The quantitative estimate of drug-likeness (QED) is 0.162. The first kappa shape index (κ1) is 35.0. The molecule has 0 atom stereocenters. The van der Waals surface area contributed by atoms with Gasteiger partial charge in [0, 0.05) is 55.9 Å². The highest BCUT2D eigenvalue weighted by atomic mass is 32.2. The lowest BCUT2D eigenvalue weighted by molar-refractivity contribution is 0.134. The molecular weight excluding hydrogens is 623 g/mol. The van der Waals surface area contributed by atoms with E-state index in [0.717, 1.165) is 29.8 Å². The van der Waals surface area contributed by atoms with Crippen molar-refractivity contribution in [3.05, 3.63) is 92.4 Å². The van der Waals surface area contributed by atoms with Crippen LogP contribution in [0.5, 0.6) is 0 Å².